The van der Waals surface area contributed by atoms with E-state index in [0.29, 0.717) is 19.4 Å². The molecule has 382 valence electrons. The third-order valence-corrected chi connectivity index (χ3v) is 12.2. The zero-order valence-corrected chi connectivity index (χ0v) is 44.0. The van der Waals surface area contributed by atoms with Gasteiger partial charge in [-0.1, -0.05) is 248 Å². The average molecular weight is 922 g/mol. The van der Waals surface area contributed by atoms with Gasteiger partial charge in [0.05, 0.1) is 6.61 Å². The Hall–Kier alpha value is -2.66. The Morgan fingerprint density at radius 2 is 0.682 bits per heavy atom. The van der Waals surface area contributed by atoms with Gasteiger partial charge in [0.1, 0.15) is 6.61 Å². The first kappa shape index (κ1) is 63.3. The van der Waals surface area contributed by atoms with Crippen LogP contribution in [0.1, 0.15) is 278 Å². The largest absolute Gasteiger partial charge is 0.462 e. The van der Waals surface area contributed by atoms with Crippen LogP contribution in [0, 0.1) is 0 Å². The molecule has 0 radical (unpaired) electrons. The molecular weight excluding hydrogens is 813 g/mol. The van der Waals surface area contributed by atoms with E-state index < -0.39 is 6.10 Å². The van der Waals surface area contributed by atoms with Crippen molar-refractivity contribution in [3.8, 4) is 0 Å². The number of hydrogen-bond donors (Lipinski definition) is 0. The summed E-state index contributed by atoms with van der Waals surface area (Å²) in [5.74, 6) is -0.424. The highest BCUT2D eigenvalue weighted by molar-refractivity contribution is 5.70. The number of hydrogen-bond acceptors (Lipinski definition) is 5. The van der Waals surface area contributed by atoms with Crippen LogP contribution < -0.4 is 0 Å². The Morgan fingerprint density at radius 1 is 0.348 bits per heavy atom. The number of carbonyl (C=O) groups excluding carboxylic acids is 2. The monoisotopic (exact) mass is 921 g/mol. The smallest absolute Gasteiger partial charge is 0.306 e. The minimum Gasteiger partial charge on any atom is -0.462 e. The highest BCUT2D eigenvalue weighted by Crippen LogP contribution is 2.15. The molecule has 0 aromatic rings. The minimum atomic E-state index is -0.551. The molecule has 5 heteroatoms. The maximum Gasteiger partial charge on any atom is 0.306 e. The van der Waals surface area contributed by atoms with Crippen molar-refractivity contribution in [2.24, 2.45) is 0 Å². The lowest BCUT2D eigenvalue weighted by Crippen LogP contribution is -2.30. The van der Waals surface area contributed by atoms with E-state index in [1.807, 2.05) is 0 Å². The van der Waals surface area contributed by atoms with Gasteiger partial charge in [-0.05, 0) is 89.9 Å². The molecule has 0 heterocycles. The van der Waals surface area contributed by atoms with Crippen LogP contribution in [0.4, 0.5) is 0 Å². The van der Waals surface area contributed by atoms with E-state index in [1.54, 1.807) is 0 Å². The molecular formula is C61H108O5. The van der Waals surface area contributed by atoms with Crippen LogP contribution in [0.5, 0.6) is 0 Å². The highest BCUT2D eigenvalue weighted by Gasteiger charge is 2.17. The van der Waals surface area contributed by atoms with Gasteiger partial charge in [-0.3, -0.25) is 9.59 Å². The molecule has 5 nitrogen and oxygen atoms in total. The van der Waals surface area contributed by atoms with E-state index in [0.717, 1.165) is 96.3 Å². The van der Waals surface area contributed by atoms with Crippen molar-refractivity contribution < 1.29 is 23.8 Å². The van der Waals surface area contributed by atoms with Crippen LogP contribution in [-0.4, -0.2) is 37.9 Å². The topological polar surface area (TPSA) is 61.8 Å². The van der Waals surface area contributed by atoms with Gasteiger partial charge in [-0.15, -0.1) is 0 Å². The summed E-state index contributed by atoms with van der Waals surface area (Å²) in [6.07, 6.45) is 73.4. The van der Waals surface area contributed by atoms with Gasteiger partial charge in [0.15, 0.2) is 6.10 Å². The van der Waals surface area contributed by atoms with Gasteiger partial charge >= 0.3 is 11.9 Å². The first-order chi connectivity index (χ1) is 32.6. The Morgan fingerprint density at radius 3 is 1.12 bits per heavy atom. The van der Waals surface area contributed by atoms with Crippen molar-refractivity contribution in [1.82, 2.24) is 0 Å². The van der Waals surface area contributed by atoms with Crippen LogP contribution >= 0.6 is 0 Å². The third kappa shape index (κ3) is 54.0. The van der Waals surface area contributed by atoms with Gasteiger partial charge in [0.2, 0.25) is 0 Å². The van der Waals surface area contributed by atoms with Gasteiger partial charge in [0.25, 0.3) is 0 Å². The van der Waals surface area contributed by atoms with Crippen LogP contribution in [0.2, 0.25) is 0 Å². The fourth-order valence-electron chi connectivity index (χ4n) is 8.00. The summed E-state index contributed by atoms with van der Waals surface area (Å²) in [6, 6.07) is 0. The summed E-state index contributed by atoms with van der Waals surface area (Å²) in [7, 11) is 0. The molecule has 0 saturated carbocycles. The van der Waals surface area contributed by atoms with Crippen LogP contribution in [-0.2, 0) is 23.8 Å². The molecule has 0 aliphatic rings. The Kier molecular flexibility index (Phi) is 54.4. The quantitative estimate of drug-likeness (QED) is 0.0346. The van der Waals surface area contributed by atoms with Crippen molar-refractivity contribution in [2.45, 2.75) is 284 Å². The van der Waals surface area contributed by atoms with Gasteiger partial charge in [-0.25, -0.2) is 0 Å². The third-order valence-electron chi connectivity index (χ3n) is 12.2. The van der Waals surface area contributed by atoms with E-state index in [-0.39, 0.29) is 25.2 Å². The SMILES string of the molecule is CC/C=C\C/C=C\C/C=C\C/C=C\CCCCCCC(=O)OC[C@@H](COCCCCCCCCCCCCCCCCCC)OC(=O)CCCCCCCCC/C=C\C/C=C\CCCCC. The Labute approximate surface area is 410 Å². The summed E-state index contributed by atoms with van der Waals surface area (Å²) < 4.78 is 17.5. The molecule has 0 aromatic heterocycles. The predicted octanol–water partition coefficient (Wildman–Crippen LogP) is 19.5. The predicted molar refractivity (Wildman–Crippen MR) is 288 cm³/mol. The second kappa shape index (κ2) is 56.7. The van der Waals surface area contributed by atoms with E-state index in [1.165, 1.54) is 148 Å². The number of carbonyl (C=O) groups is 2. The molecule has 0 aliphatic carbocycles. The molecule has 66 heavy (non-hydrogen) atoms. The van der Waals surface area contributed by atoms with Gasteiger partial charge in [0, 0.05) is 19.4 Å². The first-order valence-corrected chi connectivity index (χ1v) is 28.5. The molecule has 0 unspecified atom stereocenters. The molecule has 0 saturated heterocycles. The summed E-state index contributed by atoms with van der Waals surface area (Å²) in [6.45, 7) is 7.69. The highest BCUT2D eigenvalue weighted by atomic mass is 16.6. The van der Waals surface area contributed by atoms with Crippen molar-refractivity contribution in [2.75, 3.05) is 19.8 Å². The lowest BCUT2D eigenvalue weighted by molar-refractivity contribution is -0.163. The molecule has 0 N–H and O–H groups in total. The Balaban J connectivity index is 4.32. The minimum absolute atomic E-state index is 0.0697. The maximum atomic E-state index is 12.9. The molecule has 0 aliphatic heterocycles. The molecule has 0 spiro atoms. The lowest BCUT2D eigenvalue weighted by atomic mass is 10.0. The van der Waals surface area contributed by atoms with Crippen molar-refractivity contribution >= 4 is 11.9 Å². The summed E-state index contributed by atoms with van der Waals surface area (Å²) >= 11 is 0. The number of unbranched alkanes of at least 4 members (excludes halogenated alkanes) is 29. The van der Waals surface area contributed by atoms with Crippen molar-refractivity contribution in [1.29, 1.82) is 0 Å². The molecule has 1 atom stereocenters. The number of allylic oxidation sites excluding steroid dienone is 12. The molecule has 0 bridgehead atoms. The fraction of sp³-hybridized carbons (Fsp3) is 0.770. The summed E-state index contributed by atoms with van der Waals surface area (Å²) in [5, 5.41) is 0. The van der Waals surface area contributed by atoms with Crippen LogP contribution in [0.15, 0.2) is 72.9 Å². The van der Waals surface area contributed by atoms with Gasteiger partial charge < -0.3 is 14.2 Å². The lowest BCUT2D eigenvalue weighted by Gasteiger charge is -2.18. The summed E-state index contributed by atoms with van der Waals surface area (Å²) in [5.41, 5.74) is 0. The number of esters is 2. The zero-order valence-electron chi connectivity index (χ0n) is 44.0. The van der Waals surface area contributed by atoms with E-state index in [9.17, 15) is 9.59 Å². The van der Waals surface area contributed by atoms with Crippen molar-refractivity contribution in [3.63, 3.8) is 0 Å². The van der Waals surface area contributed by atoms with E-state index >= 15 is 0 Å². The second-order valence-electron chi connectivity index (χ2n) is 18.8. The normalized spacial score (nSPS) is 12.7. The zero-order chi connectivity index (χ0) is 47.7. The maximum absolute atomic E-state index is 12.9. The average Bonchev–Trinajstić information content (AvgIpc) is 3.32. The van der Waals surface area contributed by atoms with Crippen LogP contribution in [0.3, 0.4) is 0 Å². The molecule has 0 amide bonds. The van der Waals surface area contributed by atoms with Gasteiger partial charge in [-0.2, -0.15) is 0 Å². The molecule has 0 fully saturated rings. The van der Waals surface area contributed by atoms with E-state index in [2.05, 4.69) is 93.7 Å². The second-order valence-corrected chi connectivity index (χ2v) is 18.8. The standard InChI is InChI=1S/C61H108O5/c1-4-7-10-13-16-19-22-25-28-31-33-36-39-42-45-48-51-54-60(62)65-58-59(57-64-56-53-50-47-44-41-38-35-30-27-24-21-18-15-12-9-6-3)66-61(63)55-52-49-46-43-40-37-34-32-29-26-23-20-17-14-11-8-5-2/h7,10,16-17,19-20,25-26,28-29,33,36,59H,4-6,8-9,11-15,18,21-24,27,30-32,34-35,37-58H2,1-3H3/b10-7-,19-16-,20-17-,28-25-,29-26-,36-33-/t59-/m1/s1. The van der Waals surface area contributed by atoms with Crippen LogP contribution in [0.25, 0.3) is 0 Å². The van der Waals surface area contributed by atoms with E-state index in [4.69, 9.17) is 14.2 Å². The number of ether oxygens (including phenoxy) is 3. The molecule has 0 rings (SSSR count). The van der Waals surface area contributed by atoms with Crippen molar-refractivity contribution in [3.05, 3.63) is 72.9 Å². The summed E-state index contributed by atoms with van der Waals surface area (Å²) in [4.78, 5) is 25.5. The number of rotatable bonds is 52. The molecule has 0 aromatic carbocycles. The Bertz CT molecular complexity index is 1180. The first-order valence-electron chi connectivity index (χ1n) is 28.5. The fourth-order valence-corrected chi connectivity index (χ4v) is 8.00.